The van der Waals surface area contributed by atoms with Crippen molar-refractivity contribution in [1.29, 1.82) is 0 Å². The van der Waals surface area contributed by atoms with Gasteiger partial charge in [0.2, 0.25) is 0 Å². The van der Waals surface area contributed by atoms with Crippen molar-refractivity contribution < 1.29 is 17.9 Å². The Bertz CT molecular complexity index is 381. The van der Waals surface area contributed by atoms with E-state index in [-0.39, 0.29) is 18.2 Å². The number of ether oxygens (including phenoxy) is 1. The van der Waals surface area contributed by atoms with Gasteiger partial charge < -0.3 is 10.1 Å². The Hall–Kier alpha value is -1.10. The molecule has 1 aliphatic heterocycles. The van der Waals surface area contributed by atoms with Crippen molar-refractivity contribution in [3.63, 3.8) is 0 Å². The van der Waals surface area contributed by atoms with Crippen LogP contribution in [0.15, 0.2) is 18.2 Å². The fourth-order valence-electron chi connectivity index (χ4n) is 1.71. The van der Waals surface area contributed by atoms with Crippen molar-refractivity contribution in [3.8, 4) is 5.75 Å². The van der Waals surface area contributed by atoms with Gasteiger partial charge in [0.05, 0.1) is 0 Å². The highest BCUT2D eigenvalue weighted by molar-refractivity contribution is 5.85. The van der Waals surface area contributed by atoms with Gasteiger partial charge in [-0.15, -0.1) is 12.4 Å². The lowest BCUT2D eigenvalue weighted by atomic mass is 10.0. The highest BCUT2D eigenvalue weighted by Gasteiger charge is 2.28. The van der Waals surface area contributed by atoms with Gasteiger partial charge in [-0.3, -0.25) is 0 Å². The highest BCUT2D eigenvalue weighted by atomic mass is 35.5. The maximum Gasteiger partial charge on any atom is 0.422 e. The lowest BCUT2D eigenvalue weighted by Gasteiger charge is -2.19. The fourth-order valence-corrected chi connectivity index (χ4v) is 1.71. The highest BCUT2D eigenvalue weighted by Crippen LogP contribution is 2.27. The van der Waals surface area contributed by atoms with Crippen LogP contribution in [-0.4, -0.2) is 19.3 Å². The van der Waals surface area contributed by atoms with Gasteiger partial charge in [-0.05, 0) is 36.6 Å². The van der Waals surface area contributed by atoms with Gasteiger partial charge in [0.15, 0.2) is 6.61 Å². The molecule has 0 atom stereocenters. The van der Waals surface area contributed by atoms with E-state index in [1.165, 1.54) is 0 Å². The number of benzene rings is 1. The quantitative estimate of drug-likeness (QED) is 0.887. The summed E-state index contributed by atoms with van der Waals surface area (Å²) in [4.78, 5) is 0. The summed E-state index contributed by atoms with van der Waals surface area (Å²) in [6.45, 7) is -0.324. The Morgan fingerprint density at radius 3 is 2.76 bits per heavy atom. The first-order valence-electron chi connectivity index (χ1n) is 5.11. The van der Waals surface area contributed by atoms with E-state index in [4.69, 9.17) is 0 Å². The summed E-state index contributed by atoms with van der Waals surface area (Å²) >= 11 is 0. The SMILES string of the molecule is Cl.FC(F)(F)COc1ccc2c(c1)CCCN2. The van der Waals surface area contributed by atoms with Gasteiger partial charge in [0.25, 0.3) is 0 Å². The van der Waals surface area contributed by atoms with Gasteiger partial charge in [-0.2, -0.15) is 13.2 Å². The summed E-state index contributed by atoms with van der Waals surface area (Å²) in [5.74, 6) is 0.278. The second kappa shape index (κ2) is 5.49. The summed E-state index contributed by atoms with van der Waals surface area (Å²) in [7, 11) is 0. The van der Waals surface area contributed by atoms with Gasteiger partial charge >= 0.3 is 6.18 Å². The number of fused-ring (bicyclic) bond motifs is 1. The molecule has 0 saturated carbocycles. The standard InChI is InChI=1S/C11H12F3NO.ClH/c12-11(13,14)7-16-9-3-4-10-8(6-9)2-1-5-15-10;/h3-4,6,15H,1-2,5,7H2;1H. The van der Waals surface area contributed by atoms with Crippen molar-refractivity contribution in [1.82, 2.24) is 0 Å². The van der Waals surface area contributed by atoms with Gasteiger partial charge in [0, 0.05) is 12.2 Å². The molecule has 0 aliphatic carbocycles. The van der Waals surface area contributed by atoms with E-state index in [0.29, 0.717) is 0 Å². The third kappa shape index (κ3) is 4.00. The van der Waals surface area contributed by atoms with E-state index in [0.717, 1.165) is 30.6 Å². The van der Waals surface area contributed by atoms with Crippen LogP contribution >= 0.6 is 12.4 Å². The van der Waals surface area contributed by atoms with Crippen LogP contribution in [0.1, 0.15) is 12.0 Å². The first-order chi connectivity index (χ1) is 7.54. The summed E-state index contributed by atoms with van der Waals surface area (Å²) in [5.41, 5.74) is 2.01. The molecule has 0 unspecified atom stereocenters. The third-order valence-corrected chi connectivity index (χ3v) is 2.42. The average Bonchev–Trinajstić information content (AvgIpc) is 2.25. The second-order valence-electron chi connectivity index (χ2n) is 3.75. The number of rotatable bonds is 2. The second-order valence-corrected chi connectivity index (χ2v) is 3.75. The molecular weight excluding hydrogens is 255 g/mol. The molecule has 17 heavy (non-hydrogen) atoms. The van der Waals surface area contributed by atoms with Crippen LogP contribution < -0.4 is 10.1 Å². The smallest absolute Gasteiger partial charge is 0.422 e. The van der Waals surface area contributed by atoms with E-state index < -0.39 is 12.8 Å². The molecule has 1 aromatic carbocycles. The Morgan fingerprint density at radius 1 is 1.29 bits per heavy atom. The Kier molecular flexibility index (Phi) is 4.51. The van der Waals surface area contributed by atoms with E-state index >= 15 is 0 Å². The van der Waals surface area contributed by atoms with Gasteiger partial charge in [0.1, 0.15) is 5.75 Å². The van der Waals surface area contributed by atoms with Crippen LogP contribution in [-0.2, 0) is 6.42 Å². The van der Waals surface area contributed by atoms with E-state index in [2.05, 4.69) is 10.1 Å². The van der Waals surface area contributed by atoms with E-state index in [1.54, 1.807) is 18.2 Å². The Labute approximate surface area is 104 Å². The molecule has 1 heterocycles. The van der Waals surface area contributed by atoms with Crippen LogP contribution in [0.3, 0.4) is 0 Å². The molecule has 0 amide bonds. The molecule has 0 saturated heterocycles. The van der Waals surface area contributed by atoms with E-state index in [9.17, 15) is 13.2 Å². The normalized spacial score (nSPS) is 14.3. The van der Waals surface area contributed by atoms with Crippen molar-refractivity contribution in [3.05, 3.63) is 23.8 Å². The molecule has 1 aliphatic rings. The first-order valence-corrected chi connectivity index (χ1v) is 5.11. The van der Waals surface area contributed by atoms with Gasteiger partial charge in [-0.25, -0.2) is 0 Å². The van der Waals surface area contributed by atoms with Crippen LogP contribution in [0.4, 0.5) is 18.9 Å². The van der Waals surface area contributed by atoms with Crippen LogP contribution in [0, 0.1) is 0 Å². The minimum atomic E-state index is -4.28. The number of halogens is 4. The lowest BCUT2D eigenvalue weighted by molar-refractivity contribution is -0.153. The maximum absolute atomic E-state index is 11.9. The molecule has 0 bridgehead atoms. The van der Waals surface area contributed by atoms with Crippen LogP contribution in [0.2, 0.25) is 0 Å². The Balaban J connectivity index is 0.00000144. The van der Waals surface area contributed by atoms with Crippen molar-refractivity contribution in [2.75, 3.05) is 18.5 Å². The molecule has 1 N–H and O–H groups in total. The predicted octanol–water partition coefficient (Wildman–Crippen LogP) is 3.41. The minimum Gasteiger partial charge on any atom is -0.484 e. The number of hydrogen-bond acceptors (Lipinski definition) is 2. The molecule has 2 rings (SSSR count). The Morgan fingerprint density at radius 2 is 2.06 bits per heavy atom. The lowest BCUT2D eigenvalue weighted by Crippen LogP contribution is -2.19. The third-order valence-electron chi connectivity index (χ3n) is 2.42. The zero-order valence-corrected chi connectivity index (χ0v) is 9.83. The first kappa shape index (κ1) is 14.0. The van der Waals surface area contributed by atoms with Crippen LogP contribution in [0.5, 0.6) is 5.75 Å². The molecule has 0 aromatic heterocycles. The molecular formula is C11H13ClF3NO. The number of nitrogens with one attached hydrogen (secondary N) is 1. The van der Waals surface area contributed by atoms with Crippen molar-refractivity contribution >= 4 is 18.1 Å². The molecule has 0 spiro atoms. The summed E-state index contributed by atoms with van der Waals surface area (Å²) in [5, 5.41) is 3.18. The van der Waals surface area contributed by atoms with Crippen molar-refractivity contribution in [2.24, 2.45) is 0 Å². The van der Waals surface area contributed by atoms with E-state index in [1.807, 2.05) is 0 Å². The number of aryl methyl sites for hydroxylation is 1. The zero-order valence-electron chi connectivity index (χ0n) is 9.01. The summed E-state index contributed by atoms with van der Waals surface area (Å²) < 4.78 is 40.5. The summed E-state index contributed by atoms with van der Waals surface area (Å²) in [6, 6.07) is 5.00. The zero-order chi connectivity index (χ0) is 11.6. The molecule has 96 valence electrons. The fraction of sp³-hybridized carbons (Fsp3) is 0.455. The van der Waals surface area contributed by atoms with Crippen LogP contribution in [0.25, 0.3) is 0 Å². The monoisotopic (exact) mass is 267 g/mol. The molecule has 6 heteroatoms. The molecule has 0 fully saturated rings. The minimum absolute atomic E-state index is 0. The number of alkyl halides is 3. The largest absolute Gasteiger partial charge is 0.484 e. The molecule has 0 radical (unpaired) electrons. The topological polar surface area (TPSA) is 21.3 Å². The number of hydrogen-bond donors (Lipinski definition) is 1. The predicted molar refractivity (Wildman–Crippen MR) is 62.1 cm³/mol. The molecule has 1 aromatic rings. The maximum atomic E-state index is 11.9. The summed E-state index contributed by atoms with van der Waals surface area (Å²) in [6.07, 6.45) is -2.41. The van der Waals surface area contributed by atoms with Gasteiger partial charge in [-0.1, -0.05) is 0 Å². The molecule has 2 nitrogen and oxygen atoms in total. The number of anilines is 1. The average molecular weight is 268 g/mol. The van der Waals surface area contributed by atoms with Crippen molar-refractivity contribution in [2.45, 2.75) is 19.0 Å².